The van der Waals surface area contributed by atoms with Crippen LogP contribution >= 0.6 is 0 Å². The van der Waals surface area contributed by atoms with E-state index in [0.717, 1.165) is 54.0 Å². The van der Waals surface area contributed by atoms with Crippen LogP contribution in [0.15, 0.2) is 48.5 Å². The Labute approximate surface area is 147 Å². The number of nitrogens with one attached hydrogen (secondary N) is 1. The van der Waals surface area contributed by atoms with Gasteiger partial charge in [0, 0.05) is 24.1 Å². The Bertz CT molecular complexity index is 858. The van der Waals surface area contributed by atoms with Crippen LogP contribution in [-0.4, -0.2) is 36.3 Å². The second kappa shape index (κ2) is 7.07. The summed E-state index contributed by atoms with van der Waals surface area (Å²) < 4.78 is 10.9. The molecule has 0 aliphatic carbocycles. The fourth-order valence-electron chi connectivity index (χ4n) is 3.10. The van der Waals surface area contributed by atoms with Gasteiger partial charge in [0.25, 0.3) is 0 Å². The maximum Gasteiger partial charge on any atom is 0.162 e. The number of anilines is 1. The summed E-state index contributed by atoms with van der Waals surface area (Å²) in [5.74, 6) is 2.38. The van der Waals surface area contributed by atoms with Crippen molar-refractivity contribution in [2.45, 2.75) is 18.9 Å². The molecule has 1 aromatic heterocycles. The molecule has 2 aromatic carbocycles. The molecule has 5 nitrogen and oxygen atoms in total. The van der Waals surface area contributed by atoms with Gasteiger partial charge in [-0.25, -0.2) is 9.97 Å². The predicted octanol–water partition coefficient (Wildman–Crippen LogP) is 3.90. The van der Waals surface area contributed by atoms with Crippen LogP contribution in [0.2, 0.25) is 0 Å². The summed E-state index contributed by atoms with van der Waals surface area (Å²) in [5, 5.41) is 4.49. The molecule has 1 atom stereocenters. The average Bonchev–Trinajstić information content (AvgIpc) is 3.19. The normalized spacial score (nSPS) is 16.9. The van der Waals surface area contributed by atoms with Crippen molar-refractivity contribution in [2.75, 3.05) is 25.6 Å². The van der Waals surface area contributed by atoms with Crippen LogP contribution < -0.4 is 10.1 Å². The van der Waals surface area contributed by atoms with E-state index in [0.29, 0.717) is 5.82 Å². The Hall–Kier alpha value is -2.66. The van der Waals surface area contributed by atoms with E-state index < -0.39 is 0 Å². The van der Waals surface area contributed by atoms with Gasteiger partial charge in [-0.1, -0.05) is 12.1 Å². The zero-order chi connectivity index (χ0) is 17.1. The van der Waals surface area contributed by atoms with Crippen LogP contribution in [0.5, 0.6) is 5.75 Å². The standard InChI is InChI=1S/C20H21N3O2/c1-24-15-10-8-14(9-11-15)19-22-18-7-3-2-6-17(18)20(23-19)21-13-16-5-4-12-25-16/h2-3,6-11,16H,4-5,12-13H2,1H3,(H,21,22,23). The Balaban J connectivity index is 1.69. The summed E-state index contributed by atoms with van der Waals surface area (Å²) in [6, 6.07) is 15.9. The predicted molar refractivity (Wildman–Crippen MR) is 99.0 cm³/mol. The van der Waals surface area contributed by atoms with Gasteiger partial charge in [0.15, 0.2) is 5.82 Å². The Morgan fingerprint density at radius 2 is 1.96 bits per heavy atom. The highest BCUT2D eigenvalue weighted by Gasteiger charge is 2.16. The highest BCUT2D eigenvalue weighted by Crippen LogP contribution is 2.26. The van der Waals surface area contributed by atoms with Crippen LogP contribution in [0.1, 0.15) is 12.8 Å². The van der Waals surface area contributed by atoms with Gasteiger partial charge in [-0.2, -0.15) is 0 Å². The van der Waals surface area contributed by atoms with Gasteiger partial charge in [0.2, 0.25) is 0 Å². The van der Waals surface area contributed by atoms with Crippen molar-refractivity contribution in [2.24, 2.45) is 0 Å². The summed E-state index contributed by atoms with van der Waals surface area (Å²) in [5.41, 5.74) is 1.89. The maximum atomic E-state index is 5.71. The minimum absolute atomic E-state index is 0.262. The Kier molecular flexibility index (Phi) is 4.48. The molecule has 1 fully saturated rings. The number of aromatic nitrogens is 2. The first-order valence-electron chi connectivity index (χ1n) is 8.60. The van der Waals surface area contributed by atoms with Crippen LogP contribution in [0, 0.1) is 0 Å². The lowest BCUT2D eigenvalue weighted by Crippen LogP contribution is -2.19. The molecular formula is C20H21N3O2. The molecule has 128 valence electrons. The minimum Gasteiger partial charge on any atom is -0.497 e. The summed E-state index contributed by atoms with van der Waals surface area (Å²) in [6.07, 6.45) is 2.49. The average molecular weight is 335 g/mol. The molecule has 0 amide bonds. The van der Waals surface area contributed by atoms with Gasteiger partial charge in [-0.3, -0.25) is 0 Å². The number of hydrogen-bond donors (Lipinski definition) is 1. The van der Waals surface area contributed by atoms with E-state index in [1.165, 1.54) is 0 Å². The van der Waals surface area contributed by atoms with E-state index in [1.54, 1.807) is 7.11 Å². The van der Waals surface area contributed by atoms with E-state index in [9.17, 15) is 0 Å². The van der Waals surface area contributed by atoms with Crippen molar-refractivity contribution >= 4 is 16.7 Å². The molecule has 1 saturated heterocycles. The number of fused-ring (bicyclic) bond motifs is 1. The zero-order valence-corrected chi connectivity index (χ0v) is 14.2. The number of rotatable bonds is 5. The molecule has 0 bridgehead atoms. The smallest absolute Gasteiger partial charge is 0.162 e. The second-order valence-corrected chi connectivity index (χ2v) is 6.16. The van der Waals surface area contributed by atoms with Gasteiger partial charge in [0.05, 0.1) is 18.7 Å². The number of nitrogens with zero attached hydrogens (tertiary/aromatic N) is 2. The Morgan fingerprint density at radius 1 is 1.12 bits per heavy atom. The van der Waals surface area contributed by atoms with Crippen molar-refractivity contribution in [3.05, 3.63) is 48.5 Å². The molecule has 1 unspecified atom stereocenters. The third-order valence-corrected chi connectivity index (χ3v) is 4.47. The molecule has 5 heteroatoms. The van der Waals surface area contributed by atoms with Crippen molar-refractivity contribution in [1.82, 2.24) is 9.97 Å². The van der Waals surface area contributed by atoms with Gasteiger partial charge in [-0.05, 0) is 49.2 Å². The summed E-state index contributed by atoms with van der Waals surface area (Å²) >= 11 is 0. The first-order valence-corrected chi connectivity index (χ1v) is 8.60. The lowest BCUT2D eigenvalue weighted by atomic mass is 10.1. The van der Waals surface area contributed by atoms with Gasteiger partial charge in [0.1, 0.15) is 11.6 Å². The molecule has 1 aliphatic rings. The first-order chi connectivity index (χ1) is 12.3. The lowest BCUT2D eigenvalue weighted by Gasteiger charge is -2.14. The van der Waals surface area contributed by atoms with Gasteiger partial charge in [-0.15, -0.1) is 0 Å². The fraction of sp³-hybridized carbons (Fsp3) is 0.300. The zero-order valence-electron chi connectivity index (χ0n) is 14.2. The number of hydrogen-bond acceptors (Lipinski definition) is 5. The number of ether oxygens (including phenoxy) is 2. The quantitative estimate of drug-likeness (QED) is 0.766. The molecule has 0 saturated carbocycles. The third-order valence-electron chi connectivity index (χ3n) is 4.47. The molecular weight excluding hydrogens is 314 g/mol. The molecule has 25 heavy (non-hydrogen) atoms. The van der Waals surface area contributed by atoms with Gasteiger partial charge < -0.3 is 14.8 Å². The molecule has 4 rings (SSSR count). The minimum atomic E-state index is 0.262. The van der Waals surface area contributed by atoms with Gasteiger partial charge >= 0.3 is 0 Å². The number of methoxy groups -OCH3 is 1. The van der Waals surface area contributed by atoms with E-state index in [2.05, 4.69) is 5.32 Å². The van der Waals surface area contributed by atoms with Crippen molar-refractivity contribution < 1.29 is 9.47 Å². The van der Waals surface area contributed by atoms with E-state index in [1.807, 2.05) is 48.5 Å². The van der Waals surface area contributed by atoms with E-state index >= 15 is 0 Å². The van der Waals surface area contributed by atoms with Crippen molar-refractivity contribution in [3.8, 4) is 17.1 Å². The molecule has 0 spiro atoms. The first kappa shape index (κ1) is 15.8. The summed E-state index contributed by atoms with van der Waals surface area (Å²) in [7, 11) is 1.66. The maximum absolute atomic E-state index is 5.71. The summed E-state index contributed by atoms with van der Waals surface area (Å²) in [4.78, 5) is 9.49. The highest BCUT2D eigenvalue weighted by molar-refractivity contribution is 5.90. The van der Waals surface area contributed by atoms with Crippen LogP contribution in [0.25, 0.3) is 22.3 Å². The second-order valence-electron chi connectivity index (χ2n) is 6.16. The number of benzene rings is 2. The van der Waals surface area contributed by atoms with Crippen LogP contribution in [-0.2, 0) is 4.74 Å². The SMILES string of the molecule is COc1ccc(-c2nc(NCC3CCCO3)c3ccccc3n2)cc1. The Morgan fingerprint density at radius 3 is 2.72 bits per heavy atom. The van der Waals surface area contributed by atoms with Crippen molar-refractivity contribution in [1.29, 1.82) is 0 Å². The fourth-order valence-corrected chi connectivity index (χ4v) is 3.10. The van der Waals surface area contributed by atoms with Crippen LogP contribution in [0.4, 0.5) is 5.82 Å². The largest absolute Gasteiger partial charge is 0.497 e. The van der Waals surface area contributed by atoms with E-state index in [4.69, 9.17) is 19.4 Å². The molecule has 1 N–H and O–H groups in total. The highest BCUT2D eigenvalue weighted by atomic mass is 16.5. The lowest BCUT2D eigenvalue weighted by molar-refractivity contribution is 0.120. The van der Waals surface area contributed by atoms with E-state index in [-0.39, 0.29) is 6.10 Å². The molecule has 2 heterocycles. The summed E-state index contributed by atoms with van der Waals surface area (Å²) in [6.45, 7) is 1.62. The molecule has 1 aliphatic heterocycles. The topological polar surface area (TPSA) is 56.3 Å². The van der Waals surface area contributed by atoms with Crippen LogP contribution in [0.3, 0.4) is 0 Å². The molecule has 3 aromatic rings. The number of para-hydroxylation sites is 1. The van der Waals surface area contributed by atoms with Crippen molar-refractivity contribution in [3.63, 3.8) is 0 Å². The monoisotopic (exact) mass is 335 g/mol. The molecule has 0 radical (unpaired) electrons. The third kappa shape index (κ3) is 3.42.